The fraction of sp³-hybridized carbons (Fsp3) is 0.600. The third-order valence-corrected chi connectivity index (χ3v) is 5.45. The maximum Gasteiger partial charge on any atom is 0.251 e. The Kier molecular flexibility index (Phi) is 5.95. The van der Waals surface area contributed by atoms with Crippen molar-refractivity contribution >= 4 is 11.8 Å². The van der Waals surface area contributed by atoms with Gasteiger partial charge in [-0.2, -0.15) is 0 Å². The number of nitrogens with zero attached hydrogens (tertiary/aromatic N) is 1. The standard InChI is InChI=1S/C20H28N2O3/c1-25-18-9-7-15(8-10-18)19(23)21-17-11-13-22(14-12-17)20(24)16-5-3-2-4-6-16/h7-10,16-17H,2-6,11-14H2,1H3,(H,21,23). The number of nitrogens with one attached hydrogen (secondary N) is 1. The number of rotatable bonds is 4. The van der Waals surface area contributed by atoms with Crippen molar-refractivity contribution in [1.29, 1.82) is 0 Å². The summed E-state index contributed by atoms with van der Waals surface area (Å²) in [5, 5.41) is 3.09. The summed E-state index contributed by atoms with van der Waals surface area (Å²) in [6.07, 6.45) is 7.40. The molecule has 2 aliphatic rings. The van der Waals surface area contributed by atoms with Crippen LogP contribution in [-0.2, 0) is 4.79 Å². The molecule has 3 rings (SSSR count). The number of carbonyl (C=O) groups excluding carboxylic acids is 2. The molecule has 0 aromatic heterocycles. The Morgan fingerprint density at radius 2 is 1.64 bits per heavy atom. The molecule has 5 heteroatoms. The third-order valence-electron chi connectivity index (χ3n) is 5.45. The Hall–Kier alpha value is -2.04. The molecule has 5 nitrogen and oxygen atoms in total. The number of benzene rings is 1. The first-order chi connectivity index (χ1) is 12.2. The van der Waals surface area contributed by atoms with Gasteiger partial charge in [0.15, 0.2) is 0 Å². The summed E-state index contributed by atoms with van der Waals surface area (Å²) >= 11 is 0. The molecule has 1 saturated carbocycles. The first-order valence-electron chi connectivity index (χ1n) is 9.41. The van der Waals surface area contributed by atoms with Crippen LogP contribution in [0.1, 0.15) is 55.3 Å². The topological polar surface area (TPSA) is 58.6 Å². The quantitative estimate of drug-likeness (QED) is 0.913. The molecule has 0 unspecified atom stereocenters. The molecule has 2 amide bonds. The molecule has 1 aromatic carbocycles. The molecule has 0 radical (unpaired) electrons. The summed E-state index contributed by atoms with van der Waals surface area (Å²) in [5.74, 6) is 1.25. The monoisotopic (exact) mass is 344 g/mol. The molecule has 1 saturated heterocycles. The minimum atomic E-state index is -0.0558. The fourth-order valence-electron chi connectivity index (χ4n) is 3.86. The van der Waals surface area contributed by atoms with Crippen LogP contribution in [-0.4, -0.2) is 43.0 Å². The van der Waals surface area contributed by atoms with Crippen molar-refractivity contribution in [2.75, 3.05) is 20.2 Å². The highest BCUT2D eigenvalue weighted by Gasteiger charge is 2.29. The van der Waals surface area contributed by atoms with Crippen LogP contribution < -0.4 is 10.1 Å². The van der Waals surface area contributed by atoms with Crippen LogP contribution in [0.4, 0.5) is 0 Å². The highest BCUT2D eigenvalue weighted by atomic mass is 16.5. The Morgan fingerprint density at radius 3 is 2.24 bits per heavy atom. The predicted molar refractivity (Wildman–Crippen MR) is 96.6 cm³/mol. The van der Waals surface area contributed by atoms with Gasteiger partial charge < -0.3 is 15.0 Å². The van der Waals surface area contributed by atoms with Gasteiger partial charge in [-0.3, -0.25) is 9.59 Å². The lowest BCUT2D eigenvalue weighted by atomic mass is 9.87. The number of hydrogen-bond acceptors (Lipinski definition) is 3. The molecular formula is C20H28N2O3. The van der Waals surface area contributed by atoms with Crippen LogP contribution in [0.2, 0.25) is 0 Å². The number of piperidine rings is 1. The average molecular weight is 344 g/mol. The van der Waals surface area contributed by atoms with Crippen LogP contribution in [0.15, 0.2) is 24.3 Å². The van der Waals surface area contributed by atoms with Gasteiger partial charge in [-0.05, 0) is 49.9 Å². The second kappa shape index (κ2) is 8.37. The maximum atomic E-state index is 12.6. The zero-order valence-electron chi connectivity index (χ0n) is 15.0. The van der Waals surface area contributed by atoms with Crippen molar-refractivity contribution in [3.8, 4) is 5.75 Å². The highest BCUT2D eigenvalue weighted by Crippen LogP contribution is 2.26. The van der Waals surface area contributed by atoms with Crippen molar-refractivity contribution in [2.45, 2.75) is 51.0 Å². The van der Waals surface area contributed by atoms with E-state index in [0.717, 1.165) is 44.5 Å². The smallest absolute Gasteiger partial charge is 0.251 e. The number of amides is 2. The first kappa shape index (κ1) is 17.8. The van der Waals surface area contributed by atoms with Gasteiger partial charge in [0.25, 0.3) is 5.91 Å². The van der Waals surface area contributed by atoms with E-state index >= 15 is 0 Å². The molecule has 0 spiro atoms. The number of likely N-dealkylation sites (tertiary alicyclic amines) is 1. The van der Waals surface area contributed by atoms with Gasteiger partial charge >= 0.3 is 0 Å². The summed E-state index contributed by atoms with van der Waals surface area (Å²) < 4.78 is 5.11. The van der Waals surface area contributed by atoms with Crippen LogP contribution in [0.3, 0.4) is 0 Å². The zero-order chi connectivity index (χ0) is 17.6. The SMILES string of the molecule is COc1ccc(C(=O)NC2CCN(C(=O)C3CCCCC3)CC2)cc1. The van der Waals surface area contributed by atoms with Gasteiger partial charge in [-0.15, -0.1) is 0 Å². The summed E-state index contributed by atoms with van der Waals surface area (Å²) in [6, 6.07) is 7.27. The number of ether oxygens (including phenoxy) is 1. The van der Waals surface area contributed by atoms with Crippen LogP contribution in [0.5, 0.6) is 5.75 Å². The first-order valence-corrected chi connectivity index (χ1v) is 9.41. The van der Waals surface area contributed by atoms with Crippen molar-refractivity contribution in [2.24, 2.45) is 5.92 Å². The minimum absolute atomic E-state index is 0.0558. The lowest BCUT2D eigenvalue weighted by molar-refractivity contribution is -0.137. The van der Waals surface area contributed by atoms with Crippen molar-refractivity contribution in [3.05, 3.63) is 29.8 Å². The number of hydrogen-bond donors (Lipinski definition) is 1. The molecule has 1 heterocycles. The van der Waals surface area contributed by atoms with Gasteiger partial charge in [-0.25, -0.2) is 0 Å². The lowest BCUT2D eigenvalue weighted by Crippen LogP contribution is -2.48. The number of carbonyl (C=O) groups is 2. The molecular weight excluding hydrogens is 316 g/mol. The fourth-order valence-corrected chi connectivity index (χ4v) is 3.86. The van der Waals surface area contributed by atoms with E-state index in [0.29, 0.717) is 11.5 Å². The van der Waals surface area contributed by atoms with Crippen molar-refractivity contribution < 1.29 is 14.3 Å². The number of methoxy groups -OCH3 is 1. The van der Waals surface area contributed by atoms with E-state index in [4.69, 9.17) is 4.74 Å². The van der Waals surface area contributed by atoms with E-state index in [9.17, 15) is 9.59 Å². The van der Waals surface area contributed by atoms with Crippen LogP contribution >= 0.6 is 0 Å². The van der Waals surface area contributed by atoms with E-state index in [1.165, 1.54) is 19.3 Å². The van der Waals surface area contributed by atoms with E-state index in [-0.39, 0.29) is 17.9 Å². The molecule has 25 heavy (non-hydrogen) atoms. The average Bonchev–Trinajstić information content (AvgIpc) is 2.68. The highest BCUT2D eigenvalue weighted by molar-refractivity contribution is 5.94. The Bertz CT molecular complexity index is 585. The Balaban J connectivity index is 1.46. The Morgan fingerprint density at radius 1 is 1.00 bits per heavy atom. The van der Waals surface area contributed by atoms with E-state index < -0.39 is 0 Å². The molecule has 1 aliphatic carbocycles. The molecule has 1 aromatic rings. The Labute approximate surface area is 149 Å². The summed E-state index contributed by atoms with van der Waals surface area (Å²) in [7, 11) is 1.61. The molecule has 136 valence electrons. The van der Waals surface area contributed by atoms with Gasteiger partial charge in [0, 0.05) is 30.6 Å². The summed E-state index contributed by atoms with van der Waals surface area (Å²) in [4.78, 5) is 26.9. The maximum absolute atomic E-state index is 12.6. The van der Waals surface area contributed by atoms with Gasteiger partial charge in [0.1, 0.15) is 5.75 Å². The summed E-state index contributed by atoms with van der Waals surface area (Å²) in [5.41, 5.74) is 0.640. The van der Waals surface area contributed by atoms with Crippen molar-refractivity contribution in [3.63, 3.8) is 0 Å². The van der Waals surface area contributed by atoms with E-state index in [1.54, 1.807) is 31.4 Å². The molecule has 2 fully saturated rings. The molecule has 1 N–H and O–H groups in total. The molecule has 1 aliphatic heterocycles. The molecule has 0 bridgehead atoms. The second-order valence-corrected chi connectivity index (χ2v) is 7.14. The zero-order valence-corrected chi connectivity index (χ0v) is 15.0. The van der Waals surface area contributed by atoms with Gasteiger partial charge in [0.05, 0.1) is 7.11 Å². The molecule has 0 atom stereocenters. The van der Waals surface area contributed by atoms with Crippen molar-refractivity contribution in [1.82, 2.24) is 10.2 Å². The summed E-state index contributed by atoms with van der Waals surface area (Å²) in [6.45, 7) is 1.51. The predicted octanol–water partition coefficient (Wildman–Crippen LogP) is 3.00. The van der Waals surface area contributed by atoms with Crippen LogP contribution in [0.25, 0.3) is 0 Å². The van der Waals surface area contributed by atoms with E-state index in [1.807, 2.05) is 4.90 Å². The van der Waals surface area contributed by atoms with Gasteiger partial charge in [0.2, 0.25) is 5.91 Å². The van der Waals surface area contributed by atoms with Crippen LogP contribution in [0, 0.1) is 5.92 Å². The third kappa shape index (κ3) is 4.53. The largest absolute Gasteiger partial charge is 0.497 e. The van der Waals surface area contributed by atoms with E-state index in [2.05, 4.69) is 5.32 Å². The van der Waals surface area contributed by atoms with Gasteiger partial charge in [-0.1, -0.05) is 19.3 Å². The lowest BCUT2D eigenvalue weighted by Gasteiger charge is -2.35. The normalized spacial score (nSPS) is 19.5. The minimum Gasteiger partial charge on any atom is -0.497 e. The second-order valence-electron chi connectivity index (χ2n) is 7.14.